The number of H-pyrrole nitrogens is 1. The van der Waals surface area contributed by atoms with E-state index in [9.17, 15) is 4.79 Å². The van der Waals surface area contributed by atoms with Crippen molar-refractivity contribution in [3.63, 3.8) is 0 Å². The van der Waals surface area contributed by atoms with Crippen LogP contribution in [0.25, 0.3) is 0 Å². The van der Waals surface area contributed by atoms with Gasteiger partial charge in [-0.15, -0.1) is 0 Å². The summed E-state index contributed by atoms with van der Waals surface area (Å²) in [6.07, 6.45) is 0.874. The molecule has 0 saturated heterocycles. The summed E-state index contributed by atoms with van der Waals surface area (Å²) in [5.74, 6) is -0.0249. The van der Waals surface area contributed by atoms with Crippen LogP contribution >= 0.6 is 0 Å². The van der Waals surface area contributed by atoms with Crippen LogP contribution in [0.3, 0.4) is 0 Å². The number of carbonyl (C=O) groups is 1. The molecule has 0 aliphatic carbocycles. The Morgan fingerprint density at radius 2 is 1.95 bits per heavy atom. The zero-order valence-electron chi connectivity index (χ0n) is 13.2. The molecule has 1 heterocycles. The molecule has 0 spiro atoms. The smallest absolute Gasteiger partial charge is 0.229 e. The van der Waals surface area contributed by atoms with Gasteiger partial charge in [0, 0.05) is 24.8 Å². The number of aryl methyl sites for hydroxylation is 2. The van der Waals surface area contributed by atoms with Gasteiger partial charge in [0.15, 0.2) is 0 Å². The van der Waals surface area contributed by atoms with Gasteiger partial charge in [-0.1, -0.05) is 30.3 Å². The first-order valence-electron chi connectivity index (χ1n) is 7.31. The van der Waals surface area contributed by atoms with E-state index in [4.69, 9.17) is 0 Å². The molecular weight excluding hydrogens is 262 g/mol. The topological polar surface area (TPSA) is 49.0 Å². The van der Waals surface area contributed by atoms with Crippen molar-refractivity contribution >= 4 is 5.91 Å². The Morgan fingerprint density at radius 3 is 2.52 bits per heavy atom. The molecule has 21 heavy (non-hydrogen) atoms. The standard InChI is InChI=1S/C17H23N3O/c1-12(16-13(2)18-19-14(16)3)17(21)20(4)11-10-15-8-6-5-7-9-15/h5-9,12H,10-11H2,1-4H3,(H,18,19). The molecule has 0 radical (unpaired) electrons. The van der Waals surface area contributed by atoms with E-state index in [2.05, 4.69) is 22.3 Å². The molecule has 0 saturated carbocycles. The summed E-state index contributed by atoms with van der Waals surface area (Å²) in [6.45, 7) is 6.57. The molecule has 0 aliphatic rings. The van der Waals surface area contributed by atoms with Crippen molar-refractivity contribution in [2.24, 2.45) is 0 Å². The van der Waals surface area contributed by atoms with E-state index in [1.165, 1.54) is 5.56 Å². The van der Waals surface area contributed by atoms with Gasteiger partial charge >= 0.3 is 0 Å². The molecule has 0 bridgehead atoms. The molecule has 1 N–H and O–H groups in total. The maximum atomic E-state index is 12.6. The van der Waals surface area contributed by atoms with Crippen LogP contribution in [0.5, 0.6) is 0 Å². The highest BCUT2D eigenvalue weighted by Gasteiger charge is 2.23. The fourth-order valence-electron chi connectivity index (χ4n) is 2.70. The maximum Gasteiger partial charge on any atom is 0.229 e. The lowest BCUT2D eigenvalue weighted by Crippen LogP contribution is -2.32. The molecule has 112 valence electrons. The molecule has 1 aromatic carbocycles. The van der Waals surface area contributed by atoms with E-state index >= 15 is 0 Å². The quantitative estimate of drug-likeness (QED) is 0.918. The van der Waals surface area contributed by atoms with Gasteiger partial charge in [0.1, 0.15) is 0 Å². The van der Waals surface area contributed by atoms with Crippen LogP contribution in [0.2, 0.25) is 0 Å². The van der Waals surface area contributed by atoms with Gasteiger partial charge in [0.05, 0.1) is 11.6 Å². The summed E-state index contributed by atoms with van der Waals surface area (Å²) in [6, 6.07) is 10.2. The zero-order chi connectivity index (χ0) is 15.4. The van der Waals surface area contributed by atoms with E-state index in [0.717, 1.165) is 29.9 Å². The van der Waals surface area contributed by atoms with Crippen molar-refractivity contribution < 1.29 is 4.79 Å². The molecule has 0 aliphatic heterocycles. The highest BCUT2D eigenvalue weighted by Crippen LogP contribution is 2.23. The normalized spacial score (nSPS) is 12.2. The van der Waals surface area contributed by atoms with E-state index < -0.39 is 0 Å². The Kier molecular flexibility index (Phi) is 4.78. The van der Waals surface area contributed by atoms with Crippen LogP contribution < -0.4 is 0 Å². The third-order valence-corrected chi connectivity index (χ3v) is 3.94. The van der Waals surface area contributed by atoms with E-state index in [-0.39, 0.29) is 11.8 Å². The van der Waals surface area contributed by atoms with Crippen molar-refractivity contribution in [2.45, 2.75) is 33.1 Å². The molecule has 1 atom stereocenters. The second-order valence-corrected chi connectivity index (χ2v) is 5.56. The average molecular weight is 285 g/mol. The summed E-state index contributed by atoms with van der Waals surface area (Å²) in [5, 5.41) is 7.13. The van der Waals surface area contributed by atoms with Gasteiger partial charge in [-0.3, -0.25) is 9.89 Å². The van der Waals surface area contributed by atoms with Crippen molar-refractivity contribution in [1.29, 1.82) is 0 Å². The van der Waals surface area contributed by atoms with Crippen LogP contribution in [0, 0.1) is 13.8 Å². The van der Waals surface area contributed by atoms with Crippen molar-refractivity contribution in [2.75, 3.05) is 13.6 Å². The minimum Gasteiger partial charge on any atom is -0.345 e. The number of aromatic amines is 1. The molecule has 4 nitrogen and oxygen atoms in total. The predicted octanol–water partition coefficient (Wildman–Crippen LogP) is 2.83. The lowest BCUT2D eigenvalue weighted by atomic mass is 9.97. The lowest BCUT2D eigenvalue weighted by Gasteiger charge is -2.22. The number of amides is 1. The summed E-state index contributed by atoms with van der Waals surface area (Å²) in [7, 11) is 1.87. The summed E-state index contributed by atoms with van der Waals surface area (Å²) in [5.41, 5.74) is 4.15. The predicted molar refractivity (Wildman–Crippen MR) is 84.3 cm³/mol. The zero-order valence-corrected chi connectivity index (χ0v) is 13.2. The largest absolute Gasteiger partial charge is 0.345 e. The summed E-state index contributed by atoms with van der Waals surface area (Å²) < 4.78 is 0. The van der Waals surface area contributed by atoms with Gasteiger partial charge in [0.2, 0.25) is 5.91 Å². The van der Waals surface area contributed by atoms with Gasteiger partial charge < -0.3 is 4.90 Å². The first-order valence-corrected chi connectivity index (χ1v) is 7.31. The summed E-state index contributed by atoms with van der Waals surface area (Å²) in [4.78, 5) is 14.4. The number of benzene rings is 1. The fraction of sp³-hybridized carbons (Fsp3) is 0.412. The fourth-order valence-corrected chi connectivity index (χ4v) is 2.70. The minimum atomic E-state index is -0.162. The van der Waals surface area contributed by atoms with Crippen molar-refractivity contribution in [3.05, 3.63) is 52.8 Å². The Morgan fingerprint density at radius 1 is 1.29 bits per heavy atom. The van der Waals surface area contributed by atoms with E-state index in [1.54, 1.807) is 0 Å². The SMILES string of the molecule is Cc1n[nH]c(C)c1C(C)C(=O)N(C)CCc1ccccc1. The van der Waals surface area contributed by atoms with E-state index in [1.807, 2.05) is 50.9 Å². The Labute approximate surface area is 126 Å². The molecule has 1 aromatic heterocycles. The Bertz CT molecular complexity index is 584. The highest BCUT2D eigenvalue weighted by molar-refractivity contribution is 5.83. The molecule has 1 amide bonds. The first kappa shape index (κ1) is 15.3. The third-order valence-electron chi connectivity index (χ3n) is 3.94. The van der Waals surface area contributed by atoms with Crippen molar-refractivity contribution in [1.82, 2.24) is 15.1 Å². The van der Waals surface area contributed by atoms with Gasteiger partial charge in [0.25, 0.3) is 0 Å². The number of hydrogen-bond donors (Lipinski definition) is 1. The molecule has 0 fully saturated rings. The molecule has 2 rings (SSSR count). The van der Waals surface area contributed by atoms with Gasteiger partial charge in [-0.25, -0.2) is 0 Å². The second-order valence-electron chi connectivity index (χ2n) is 5.56. The number of rotatable bonds is 5. The first-order chi connectivity index (χ1) is 10.0. The van der Waals surface area contributed by atoms with Crippen LogP contribution in [-0.2, 0) is 11.2 Å². The monoisotopic (exact) mass is 285 g/mol. The lowest BCUT2D eigenvalue weighted by molar-refractivity contribution is -0.131. The molecule has 2 aromatic rings. The van der Waals surface area contributed by atoms with Crippen LogP contribution in [0.4, 0.5) is 0 Å². The second kappa shape index (κ2) is 6.57. The van der Waals surface area contributed by atoms with Crippen molar-refractivity contribution in [3.8, 4) is 0 Å². The number of aromatic nitrogens is 2. The number of hydrogen-bond acceptors (Lipinski definition) is 2. The Hall–Kier alpha value is -2.10. The van der Waals surface area contributed by atoms with E-state index in [0.29, 0.717) is 0 Å². The molecular formula is C17H23N3O. The average Bonchev–Trinajstić information content (AvgIpc) is 2.83. The van der Waals surface area contributed by atoms with Crippen LogP contribution in [0.1, 0.15) is 35.4 Å². The minimum absolute atomic E-state index is 0.138. The maximum absolute atomic E-state index is 12.6. The summed E-state index contributed by atoms with van der Waals surface area (Å²) >= 11 is 0. The number of nitrogens with one attached hydrogen (secondary N) is 1. The number of carbonyl (C=O) groups excluding carboxylic acids is 1. The molecule has 1 unspecified atom stereocenters. The number of likely N-dealkylation sites (N-methyl/N-ethyl adjacent to an activating group) is 1. The van der Waals surface area contributed by atoms with Crippen LogP contribution in [-0.4, -0.2) is 34.6 Å². The van der Waals surface area contributed by atoms with Crippen LogP contribution in [0.15, 0.2) is 30.3 Å². The Balaban J connectivity index is 1.99. The number of nitrogens with zero attached hydrogens (tertiary/aromatic N) is 2. The molecule has 4 heteroatoms. The van der Waals surface area contributed by atoms with Gasteiger partial charge in [-0.2, -0.15) is 5.10 Å². The highest BCUT2D eigenvalue weighted by atomic mass is 16.2. The van der Waals surface area contributed by atoms with Gasteiger partial charge in [-0.05, 0) is 32.8 Å². The third kappa shape index (κ3) is 3.51.